The third kappa shape index (κ3) is 5.84. The first-order chi connectivity index (χ1) is 22.2. The van der Waals surface area contributed by atoms with Crippen LogP contribution in [0, 0.1) is 10.1 Å². The van der Waals surface area contributed by atoms with Gasteiger partial charge in [-0.2, -0.15) is 0 Å². The number of thiazole rings is 1. The second kappa shape index (κ2) is 12.7. The molecule has 1 aliphatic heterocycles. The van der Waals surface area contributed by atoms with Crippen LogP contribution in [0.1, 0.15) is 55.2 Å². The molecule has 3 heterocycles. The lowest BCUT2D eigenvalue weighted by Crippen LogP contribution is -2.40. The monoisotopic (exact) mass is 653 g/mol. The summed E-state index contributed by atoms with van der Waals surface area (Å²) in [7, 11) is 0. The van der Waals surface area contributed by atoms with Gasteiger partial charge in [0.15, 0.2) is 4.80 Å². The van der Waals surface area contributed by atoms with Gasteiger partial charge < -0.3 is 9.15 Å². The minimum atomic E-state index is -0.792. The summed E-state index contributed by atoms with van der Waals surface area (Å²) in [6.45, 7) is 6.10. The predicted molar refractivity (Wildman–Crippen MR) is 177 cm³/mol. The molecule has 0 saturated heterocycles. The summed E-state index contributed by atoms with van der Waals surface area (Å²) in [5, 5.41) is 11.3. The first-order valence-corrected chi connectivity index (χ1v) is 15.8. The molecule has 232 valence electrons. The topological polar surface area (TPSA) is 117 Å². The zero-order chi connectivity index (χ0) is 32.5. The average molecular weight is 654 g/mol. The summed E-state index contributed by atoms with van der Waals surface area (Å²) in [6.07, 6.45) is 1.61. The molecule has 0 aliphatic carbocycles. The number of carbonyl (C=O) groups is 1. The zero-order valence-electron chi connectivity index (χ0n) is 25.1. The van der Waals surface area contributed by atoms with Crippen LogP contribution in [0.25, 0.3) is 23.1 Å². The van der Waals surface area contributed by atoms with E-state index < -0.39 is 16.9 Å². The number of hydrogen-bond donors (Lipinski definition) is 0. The Morgan fingerprint density at radius 3 is 2.50 bits per heavy atom. The fourth-order valence-corrected chi connectivity index (χ4v) is 6.59. The summed E-state index contributed by atoms with van der Waals surface area (Å²) in [5.41, 5.74) is 3.32. The molecule has 0 unspecified atom stereocenters. The lowest BCUT2D eigenvalue weighted by atomic mass is 9.91. The predicted octanol–water partition coefficient (Wildman–Crippen LogP) is 6.88. The SMILES string of the molecule is CCOC(=O)C1=C(c2ccccc2)N=c2s/c(=C\c3ccc(-c4ccc([N+](=O)[O-])cc4Cl)o3)c(=O)n2[C@H]1c1ccc(C(C)C)cc1. The first kappa shape index (κ1) is 30.9. The summed E-state index contributed by atoms with van der Waals surface area (Å²) in [4.78, 5) is 43.7. The second-order valence-corrected chi connectivity index (χ2v) is 12.3. The molecule has 46 heavy (non-hydrogen) atoms. The van der Waals surface area contributed by atoms with Gasteiger partial charge in [-0.15, -0.1) is 0 Å². The number of ether oxygens (including phenoxy) is 1. The molecule has 0 bridgehead atoms. The van der Waals surface area contributed by atoms with Gasteiger partial charge >= 0.3 is 5.97 Å². The number of non-ortho nitro benzene ring substituents is 1. The van der Waals surface area contributed by atoms with Crippen molar-refractivity contribution in [1.82, 2.24) is 4.57 Å². The quantitative estimate of drug-likeness (QED) is 0.102. The minimum Gasteiger partial charge on any atom is -0.463 e. The Morgan fingerprint density at radius 1 is 1.11 bits per heavy atom. The van der Waals surface area contributed by atoms with Crippen LogP contribution < -0.4 is 14.9 Å². The smallest absolute Gasteiger partial charge is 0.338 e. The molecule has 2 aromatic heterocycles. The minimum absolute atomic E-state index is 0.132. The number of nitro benzene ring substituents is 1. The molecule has 0 saturated carbocycles. The normalized spacial score (nSPS) is 14.7. The Bertz CT molecular complexity index is 2180. The fraction of sp³-hybridized carbons (Fsp3) is 0.171. The Balaban J connectivity index is 1.53. The number of halogens is 1. The number of nitrogens with zero attached hydrogens (tertiary/aromatic N) is 3. The lowest BCUT2D eigenvalue weighted by Gasteiger charge is -2.26. The molecule has 1 aliphatic rings. The Morgan fingerprint density at radius 2 is 1.85 bits per heavy atom. The molecule has 3 aromatic carbocycles. The average Bonchev–Trinajstić information content (AvgIpc) is 3.64. The van der Waals surface area contributed by atoms with Gasteiger partial charge in [0.25, 0.3) is 11.2 Å². The molecule has 1 atom stereocenters. The standard InChI is InChI=1S/C35H28ClN3O6S/c1-4-44-34(41)30-31(22-8-6-5-7-9-22)37-35-38(32(30)23-12-10-21(11-13-23)20(2)3)33(40)29(46-35)19-25-15-17-28(45-25)26-16-14-24(39(42)43)18-27(26)36/h5-20,32H,4H2,1-3H3/b29-19-/t32-/m0/s1. The highest BCUT2D eigenvalue weighted by molar-refractivity contribution is 7.07. The van der Waals surface area contributed by atoms with E-state index in [1.807, 2.05) is 54.6 Å². The van der Waals surface area contributed by atoms with Crippen LogP contribution in [0.3, 0.4) is 0 Å². The van der Waals surface area contributed by atoms with E-state index in [2.05, 4.69) is 13.8 Å². The first-order valence-electron chi connectivity index (χ1n) is 14.6. The number of esters is 1. The van der Waals surface area contributed by atoms with E-state index in [0.717, 1.165) is 16.7 Å². The number of nitro groups is 1. The molecule has 11 heteroatoms. The van der Waals surface area contributed by atoms with Crippen molar-refractivity contribution in [3.8, 4) is 11.3 Å². The highest BCUT2D eigenvalue weighted by Crippen LogP contribution is 2.36. The fourth-order valence-electron chi connectivity index (χ4n) is 5.34. The molecule has 0 fully saturated rings. The number of aromatic nitrogens is 1. The Labute approximate surface area is 272 Å². The Hall–Kier alpha value is -5.06. The molecule has 0 N–H and O–H groups in total. The van der Waals surface area contributed by atoms with Gasteiger partial charge in [-0.1, -0.05) is 91.4 Å². The number of hydrogen-bond acceptors (Lipinski definition) is 8. The van der Waals surface area contributed by atoms with Gasteiger partial charge in [0.05, 0.1) is 38.4 Å². The molecule has 6 rings (SSSR count). The maximum atomic E-state index is 14.2. The van der Waals surface area contributed by atoms with Crippen molar-refractivity contribution in [2.45, 2.75) is 32.7 Å². The summed E-state index contributed by atoms with van der Waals surface area (Å²) >= 11 is 7.50. The van der Waals surface area contributed by atoms with Gasteiger partial charge in [-0.3, -0.25) is 19.5 Å². The van der Waals surface area contributed by atoms with E-state index in [0.29, 0.717) is 38.0 Å². The van der Waals surface area contributed by atoms with Gasteiger partial charge in [0.1, 0.15) is 11.5 Å². The Kier molecular flexibility index (Phi) is 8.57. The molecule has 9 nitrogen and oxygen atoms in total. The molecule has 5 aromatic rings. The van der Waals surface area contributed by atoms with Crippen LogP contribution in [0.5, 0.6) is 0 Å². The van der Waals surface area contributed by atoms with E-state index >= 15 is 0 Å². The molecule has 0 amide bonds. The molecular formula is C35H28ClN3O6S. The van der Waals surface area contributed by atoms with Crippen molar-refractivity contribution < 1.29 is 18.9 Å². The third-order valence-corrected chi connectivity index (χ3v) is 8.92. The number of fused-ring (bicyclic) bond motifs is 1. The number of furan rings is 1. The van der Waals surface area contributed by atoms with Gasteiger partial charge in [-0.25, -0.2) is 9.79 Å². The number of carbonyl (C=O) groups excluding carboxylic acids is 1. The third-order valence-electron chi connectivity index (χ3n) is 7.62. The van der Waals surface area contributed by atoms with Crippen LogP contribution in [-0.4, -0.2) is 22.1 Å². The van der Waals surface area contributed by atoms with E-state index in [1.54, 1.807) is 25.1 Å². The van der Waals surface area contributed by atoms with Crippen LogP contribution in [0.15, 0.2) is 105 Å². The zero-order valence-corrected chi connectivity index (χ0v) is 26.7. The van der Waals surface area contributed by atoms with Crippen molar-refractivity contribution >= 4 is 46.4 Å². The maximum Gasteiger partial charge on any atom is 0.338 e. The second-order valence-electron chi connectivity index (χ2n) is 10.9. The van der Waals surface area contributed by atoms with E-state index in [-0.39, 0.29) is 28.4 Å². The van der Waals surface area contributed by atoms with E-state index in [9.17, 15) is 19.7 Å². The number of rotatable bonds is 8. The van der Waals surface area contributed by atoms with E-state index in [1.165, 1.54) is 34.1 Å². The number of benzene rings is 3. The van der Waals surface area contributed by atoms with Crippen LogP contribution >= 0.6 is 22.9 Å². The van der Waals surface area contributed by atoms with Crippen molar-refractivity contribution in [2.75, 3.05) is 6.61 Å². The largest absolute Gasteiger partial charge is 0.463 e. The van der Waals surface area contributed by atoms with Crippen LogP contribution in [-0.2, 0) is 9.53 Å². The van der Waals surface area contributed by atoms with Gasteiger partial charge in [0, 0.05) is 29.3 Å². The van der Waals surface area contributed by atoms with Gasteiger partial charge in [0.2, 0.25) is 0 Å². The summed E-state index contributed by atoms with van der Waals surface area (Å²) < 4.78 is 13.4. The van der Waals surface area contributed by atoms with Crippen molar-refractivity contribution in [3.63, 3.8) is 0 Å². The van der Waals surface area contributed by atoms with Crippen molar-refractivity contribution in [3.05, 3.63) is 148 Å². The maximum absolute atomic E-state index is 14.2. The van der Waals surface area contributed by atoms with Crippen molar-refractivity contribution in [2.24, 2.45) is 4.99 Å². The summed E-state index contributed by atoms with van der Waals surface area (Å²) in [6, 6.07) is 24.0. The summed E-state index contributed by atoms with van der Waals surface area (Å²) in [5.74, 6) is 0.515. The lowest BCUT2D eigenvalue weighted by molar-refractivity contribution is -0.384. The molecular weight excluding hydrogens is 626 g/mol. The van der Waals surface area contributed by atoms with Crippen LogP contribution in [0.4, 0.5) is 5.69 Å². The molecule has 0 spiro atoms. The highest BCUT2D eigenvalue weighted by atomic mass is 35.5. The van der Waals surface area contributed by atoms with Crippen molar-refractivity contribution in [1.29, 1.82) is 0 Å². The highest BCUT2D eigenvalue weighted by Gasteiger charge is 2.35. The van der Waals surface area contributed by atoms with E-state index in [4.69, 9.17) is 25.7 Å². The van der Waals surface area contributed by atoms with Crippen LogP contribution in [0.2, 0.25) is 5.02 Å². The van der Waals surface area contributed by atoms with Gasteiger partial charge in [-0.05, 0) is 42.2 Å². The molecule has 0 radical (unpaired) electrons.